The van der Waals surface area contributed by atoms with Crippen LogP contribution in [0.5, 0.6) is 0 Å². The number of H-pyrrole nitrogens is 1. The fourth-order valence-electron chi connectivity index (χ4n) is 2.46. The second-order valence-corrected chi connectivity index (χ2v) is 4.85. The molecular formula is C13H17N5O2. The van der Waals surface area contributed by atoms with E-state index in [1.165, 1.54) is 0 Å². The Bertz CT molecular complexity index is 577. The number of morpholine rings is 1. The van der Waals surface area contributed by atoms with Crippen molar-refractivity contribution < 1.29 is 9.53 Å². The van der Waals surface area contributed by atoms with E-state index in [9.17, 15) is 4.79 Å². The zero-order valence-corrected chi connectivity index (χ0v) is 11.3. The fraction of sp³-hybridized carbons (Fsp3) is 0.462. The van der Waals surface area contributed by atoms with E-state index in [1.54, 1.807) is 23.3 Å². The van der Waals surface area contributed by atoms with Gasteiger partial charge in [0.1, 0.15) is 6.54 Å². The second kappa shape index (κ2) is 5.46. The topological polar surface area (TPSA) is 76.0 Å². The molecule has 0 aliphatic carbocycles. The highest BCUT2D eigenvalue weighted by molar-refractivity contribution is 5.76. The number of carbonyl (C=O) groups excluding carboxylic acids is 1. The molecular weight excluding hydrogens is 258 g/mol. The molecule has 2 aromatic heterocycles. The molecule has 0 aromatic carbocycles. The van der Waals surface area contributed by atoms with E-state index in [0.717, 1.165) is 11.3 Å². The first kappa shape index (κ1) is 12.9. The zero-order valence-electron chi connectivity index (χ0n) is 11.3. The highest BCUT2D eigenvalue weighted by atomic mass is 16.5. The smallest absolute Gasteiger partial charge is 0.245 e. The highest BCUT2D eigenvalue weighted by Gasteiger charge is 2.30. The minimum atomic E-state index is -0.102. The number of aromatic nitrogens is 4. The van der Waals surface area contributed by atoms with Gasteiger partial charge in [-0.25, -0.2) is 0 Å². The third kappa shape index (κ3) is 2.44. The number of carbonyl (C=O) groups is 1. The molecule has 1 N–H and O–H groups in total. The lowest BCUT2D eigenvalue weighted by Crippen LogP contribution is -2.45. The van der Waals surface area contributed by atoms with E-state index in [2.05, 4.69) is 15.3 Å². The van der Waals surface area contributed by atoms with Crippen LogP contribution in [-0.4, -0.2) is 50.5 Å². The van der Waals surface area contributed by atoms with Crippen molar-refractivity contribution in [3.8, 4) is 0 Å². The fourth-order valence-corrected chi connectivity index (χ4v) is 2.46. The Morgan fingerprint density at radius 2 is 2.50 bits per heavy atom. The van der Waals surface area contributed by atoms with Gasteiger partial charge in [0.15, 0.2) is 0 Å². The molecule has 3 heterocycles. The number of amides is 1. The van der Waals surface area contributed by atoms with Gasteiger partial charge >= 0.3 is 0 Å². The molecule has 0 radical (unpaired) electrons. The van der Waals surface area contributed by atoms with Crippen LogP contribution in [0.2, 0.25) is 0 Å². The Kier molecular flexibility index (Phi) is 3.51. The minimum absolute atomic E-state index is 0.0380. The number of aryl methyl sites for hydroxylation is 1. The second-order valence-electron chi connectivity index (χ2n) is 4.85. The third-order valence-electron chi connectivity index (χ3n) is 3.51. The van der Waals surface area contributed by atoms with E-state index in [1.807, 2.05) is 17.9 Å². The molecule has 1 aliphatic rings. The van der Waals surface area contributed by atoms with Crippen molar-refractivity contribution in [2.24, 2.45) is 0 Å². The van der Waals surface area contributed by atoms with Gasteiger partial charge in [-0.3, -0.25) is 14.6 Å². The summed E-state index contributed by atoms with van der Waals surface area (Å²) in [4.78, 5) is 14.3. The predicted octanol–water partition coefficient (Wildman–Crippen LogP) is 0.515. The number of rotatable bonds is 3. The molecule has 7 nitrogen and oxygen atoms in total. The van der Waals surface area contributed by atoms with Gasteiger partial charge in [0, 0.05) is 18.9 Å². The van der Waals surface area contributed by atoms with Crippen molar-refractivity contribution in [1.82, 2.24) is 24.9 Å². The van der Waals surface area contributed by atoms with Crippen LogP contribution in [0.1, 0.15) is 17.3 Å². The summed E-state index contributed by atoms with van der Waals surface area (Å²) in [6, 6.07) is 1.71. The minimum Gasteiger partial charge on any atom is -0.377 e. The van der Waals surface area contributed by atoms with Crippen molar-refractivity contribution >= 4 is 5.91 Å². The van der Waals surface area contributed by atoms with Crippen molar-refractivity contribution in [3.63, 3.8) is 0 Å². The summed E-state index contributed by atoms with van der Waals surface area (Å²) in [5.41, 5.74) is 1.98. The molecule has 1 amide bonds. The van der Waals surface area contributed by atoms with Crippen molar-refractivity contribution in [1.29, 1.82) is 0 Å². The number of hydrogen-bond acceptors (Lipinski definition) is 4. The molecule has 0 spiro atoms. The van der Waals surface area contributed by atoms with Crippen LogP contribution in [-0.2, 0) is 16.1 Å². The summed E-state index contributed by atoms with van der Waals surface area (Å²) in [6.07, 6.45) is 5.22. The molecule has 106 valence electrons. The quantitative estimate of drug-likeness (QED) is 0.885. The van der Waals surface area contributed by atoms with Gasteiger partial charge in [-0.05, 0) is 18.6 Å². The maximum Gasteiger partial charge on any atom is 0.245 e. The third-order valence-corrected chi connectivity index (χ3v) is 3.51. The Hall–Kier alpha value is -2.15. The largest absolute Gasteiger partial charge is 0.377 e. The molecule has 7 heteroatoms. The lowest BCUT2D eigenvalue weighted by molar-refractivity contribution is -0.141. The summed E-state index contributed by atoms with van der Waals surface area (Å²) in [5, 5.41) is 11.1. The van der Waals surface area contributed by atoms with E-state index in [-0.39, 0.29) is 18.5 Å². The maximum atomic E-state index is 12.5. The standard InChI is InChI=1S/C13H17N5O2/c1-10-7-14-16-13(10)11-9-20-6-5-18(11)12(19)8-17-4-2-3-15-17/h2-4,7,11H,5-6,8-9H2,1H3,(H,14,16)/t11-/m1/s1. The van der Waals surface area contributed by atoms with E-state index in [0.29, 0.717) is 19.8 Å². The average Bonchev–Trinajstić information content (AvgIpc) is 3.10. The monoisotopic (exact) mass is 275 g/mol. The van der Waals surface area contributed by atoms with Gasteiger partial charge in [0.2, 0.25) is 5.91 Å². The van der Waals surface area contributed by atoms with Crippen LogP contribution in [0.3, 0.4) is 0 Å². The van der Waals surface area contributed by atoms with Crippen LogP contribution in [0.15, 0.2) is 24.7 Å². The molecule has 20 heavy (non-hydrogen) atoms. The molecule has 1 atom stereocenters. The molecule has 0 bridgehead atoms. The lowest BCUT2D eigenvalue weighted by atomic mass is 10.1. The van der Waals surface area contributed by atoms with Gasteiger partial charge < -0.3 is 9.64 Å². The van der Waals surface area contributed by atoms with Gasteiger partial charge in [-0.15, -0.1) is 0 Å². The van der Waals surface area contributed by atoms with E-state index < -0.39 is 0 Å². The summed E-state index contributed by atoms with van der Waals surface area (Å²) in [7, 11) is 0. The Balaban J connectivity index is 1.78. The summed E-state index contributed by atoms with van der Waals surface area (Å²) in [5.74, 6) is 0.0380. The van der Waals surface area contributed by atoms with Gasteiger partial charge in [-0.2, -0.15) is 10.2 Å². The number of aromatic amines is 1. The van der Waals surface area contributed by atoms with Gasteiger partial charge in [0.25, 0.3) is 0 Å². The molecule has 0 unspecified atom stereocenters. The summed E-state index contributed by atoms with van der Waals surface area (Å²) in [6.45, 7) is 3.87. The lowest BCUT2D eigenvalue weighted by Gasteiger charge is -2.35. The Morgan fingerprint density at radius 1 is 1.60 bits per heavy atom. The van der Waals surface area contributed by atoms with Crippen LogP contribution in [0.25, 0.3) is 0 Å². The Labute approximate surface area is 116 Å². The molecule has 1 fully saturated rings. The number of hydrogen-bond donors (Lipinski definition) is 1. The van der Waals surface area contributed by atoms with Gasteiger partial charge in [0.05, 0.1) is 31.1 Å². The van der Waals surface area contributed by atoms with Crippen LogP contribution >= 0.6 is 0 Å². The summed E-state index contributed by atoms with van der Waals surface area (Å²) < 4.78 is 7.15. The molecule has 0 saturated carbocycles. The first-order valence-electron chi connectivity index (χ1n) is 6.60. The molecule has 1 aliphatic heterocycles. The van der Waals surface area contributed by atoms with Gasteiger partial charge in [-0.1, -0.05) is 0 Å². The van der Waals surface area contributed by atoms with Crippen LogP contribution in [0.4, 0.5) is 0 Å². The molecule has 1 saturated heterocycles. The summed E-state index contributed by atoms with van der Waals surface area (Å²) >= 11 is 0. The molecule has 2 aromatic rings. The highest BCUT2D eigenvalue weighted by Crippen LogP contribution is 2.25. The predicted molar refractivity (Wildman–Crippen MR) is 70.8 cm³/mol. The molecule has 3 rings (SSSR count). The van der Waals surface area contributed by atoms with E-state index in [4.69, 9.17) is 4.74 Å². The normalized spacial score (nSPS) is 19.2. The zero-order chi connectivity index (χ0) is 13.9. The first-order chi connectivity index (χ1) is 9.75. The van der Waals surface area contributed by atoms with Crippen LogP contribution in [0, 0.1) is 6.92 Å². The average molecular weight is 275 g/mol. The number of nitrogens with zero attached hydrogens (tertiary/aromatic N) is 4. The number of ether oxygens (including phenoxy) is 1. The van der Waals surface area contributed by atoms with Crippen molar-refractivity contribution in [2.75, 3.05) is 19.8 Å². The SMILES string of the molecule is Cc1cn[nH]c1[C@H]1COCCN1C(=O)Cn1cccn1. The first-order valence-corrected chi connectivity index (χ1v) is 6.60. The van der Waals surface area contributed by atoms with E-state index >= 15 is 0 Å². The van der Waals surface area contributed by atoms with Crippen molar-refractivity contribution in [3.05, 3.63) is 35.9 Å². The number of nitrogens with one attached hydrogen (secondary N) is 1. The van der Waals surface area contributed by atoms with Crippen molar-refractivity contribution in [2.45, 2.75) is 19.5 Å². The van der Waals surface area contributed by atoms with Crippen LogP contribution < -0.4 is 0 Å². The Morgan fingerprint density at radius 3 is 3.20 bits per heavy atom. The maximum absolute atomic E-state index is 12.5.